The molecule has 28 heavy (non-hydrogen) atoms. The second-order valence-corrected chi connectivity index (χ2v) is 6.08. The number of aromatic nitrogens is 2. The number of hydrogen-bond donors (Lipinski definition) is 1. The minimum atomic E-state index is -4.52. The smallest absolute Gasteiger partial charge is 0.416 e. The Morgan fingerprint density at radius 2 is 1.93 bits per heavy atom. The summed E-state index contributed by atoms with van der Waals surface area (Å²) < 4.78 is 44.9. The maximum atomic E-state index is 12.8. The number of amides is 1. The van der Waals surface area contributed by atoms with Crippen molar-refractivity contribution in [3.8, 4) is 0 Å². The molecule has 4 rings (SSSR count). The number of fused-ring (bicyclic) bond motifs is 3. The van der Waals surface area contributed by atoms with Gasteiger partial charge in [0.15, 0.2) is 0 Å². The van der Waals surface area contributed by atoms with Crippen LogP contribution in [0.25, 0.3) is 22.1 Å². The Hall–Kier alpha value is -3.62. The van der Waals surface area contributed by atoms with E-state index in [1.54, 1.807) is 24.3 Å². The van der Waals surface area contributed by atoms with Gasteiger partial charge in [-0.15, -0.1) is 0 Å². The molecule has 2 aromatic heterocycles. The first-order valence-electron chi connectivity index (χ1n) is 8.17. The second-order valence-electron chi connectivity index (χ2n) is 6.08. The van der Waals surface area contributed by atoms with Crippen molar-refractivity contribution in [2.24, 2.45) is 0 Å². The first-order chi connectivity index (χ1) is 13.3. The summed E-state index contributed by atoms with van der Waals surface area (Å²) in [5.41, 5.74) is -0.571. The molecular weight excluding hydrogens is 375 g/mol. The van der Waals surface area contributed by atoms with Crippen LogP contribution in [-0.4, -0.2) is 15.5 Å². The fourth-order valence-electron chi connectivity index (χ4n) is 2.86. The fraction of sp³-hybridized carbons (Fsp3) is 0.105. The predicted molar refractivity (Wildman–Crippen MR) is 95.8 cm³/mol. The number of carbonyl (C=O) groups is 1. The summed E-state index contributed by atoms with van der Waals surface area (Å²) in [7, 11) is 0. The van der Waals surface area contributed by atoms with E-state index in [4.69, 9.17) is 4.42 Å². The topological polar surface area (TPSA) is 77.1 Å². The number of benzene rings is 2. The third-order valence-electron chi connectivity index (χ3n) is 4.14. The molecule has 0 aliphatic rings. The molecule has 0 radical (unpaired) electrons. The lowest BCUT2D eigenvalue weighted by atomic mass is 10.2. The zero-order valence-electron chi connectivity index (χ0n) is 14.2. The summed E-state index contributed by atoms with van der Waals surface area (Å²) in [4.78, 5) is 28.9. The monoisotopic (exact) mass is 387 g/mol. The van der Waals surface area contributed by atoms with Crippen molar-refractivity contribution < 1.29 is 22.4 Å². The third-order valence-corrected chi connectivity index (χ3v) is 4.14. The highest BCUT2D eigenvalue weighted by Crippen LogP contribution is 2.30. The summed E-state index contributed by atoms with van der Waals surface area (Å²) in [6.45, 7) is -0.422. The Bertz CT molecular complexity index is 1260. The van der Waals surface area contributed by atoms with Crippen molar-refractivity contribution >= 4 is 33.7 Å². The van der Waals surface area contributed by atoms with E-state index >= 15 is 0 Å². The average molecular weight is 387 g/mol. The predicted octanol–water partition coefficient (Wildman–Crippen LogP) is 3.80. The number of furan rings is 1. The van der Waals surface area contributed by atoms with Crippen LogP contribution in [0.15, 0.2) is 64.1 Å². The summed E-state index contributed by atoms with van der Waals surface area (Å²) in [6.07, 6.45) is -3.31. The van der Waals surface area contributed by atoms with Gasteiger partial charge in [-0.1, -0.05) is 18.2 Å². The third kappa shape index (κ3) is 3.22. The minimum absolute atomic E-state index is 0.00979. The van der Waals surface area contributed by atoms with E-state index in [1.807, 2.05) is 0 Å². The summed E-state index contributed by atoms with van der Waals surface area (Å²) in [6, 6.07) is 11.2. The van der Waals surface area contributed by atoms with Gasteiger partial charge in [0.25, 0.3) is 5.56 Å². The number of anilines is 1. The number of carbonyl (C=O) groups excluding carboxylic acids is 1. The van der Waals surface area contributed by atoms with Crippen LogP contribution in [0.1, 0.15) is 5.56 Å². The zero-order chi connectivity index (χ0) is 19.9. The number of nitrogens with zero attached hydrogens (tertiary/aromatic N) is 2. The zero-order valence-corrected chi connectivity index (χ0v) is 14.2. The molecule has 1 amide bonds. The molecule has 6 nitrogen and oxygen atoms in total. The van der Waals surface area contributed by atoms with Gasteiger partial charge >= 0.3 is 6.18 Å². The number of hydrogen-bond acceptors (Lipinski definition) is 4. The molecule has 4 aromatic rings. The first-order valence-corrected chi connectivity index (χ1v) is 8.17. The molecule has 1 N–H and O–H groups in total. The average Bonchev–Trinajstić information content (AvgIpc) is 3.03. The van der Waals surface area contributed by atoms with Crippen LogP contribution in [0.2, 0.25) is 0 Å². The van der Waals surface area contributed by atoms with Crippen molar-refractivity contribution in [1.82, 2.24) is 9.55 Å². The molecule has 0 atom stereocenters. The lowest BCUT2D eigenvalue weighted by Gasteiger charge is -2.10. The highest BCUT2D eigenvalue weighted by molar-refractivity contribution is 6.01. The van der Waals surface area contributed by atoms with Crippen LogP contribution >= 0.6 is 0 Å². The van der Waals surface area contributed by atoms with Gasteiger partial charge in [0.2, 0.25) is 11.5 Å². The molecule has 9 heteroatoms. The van der Waals surface area contributed by atoms with Crippen LogP contribution in [0.3, 0.4) is 0 Å². The number of para-hydroxylation sites is 1. The standard InChI is InChI=1S/C19H12F3N3O3/c20-19(21,22)11-4-3-5-12(8-11)24-15(26)9-25-10-23-16-13-6-1-2-7-14(13)28-17(16)18(25)27/h1-8,10H,9H2,(H,24,26). The van der Waals surface area contributed by atoms with E-state index in [-0.39, 0.29) is 11.3 Å². The Labute approximate surface area is 155 Å². The Kier molecular flexibility index (Phi) is 4.14. The molecule has 0 spiro atoms. The summed E-state index contributed by atoms with van der Waals surface area (Å²) in [5, 5.41) is 3.02. The van der Waals surface area contributed by atoms with Gasteiger partial charge < -0.3 is 9.73 Å². The van der Waals surface area contributed by atoms with Crippen LogP contribution < -0.4 is 10.9 Å². The molecule has 0 bridgehead atoms. The lowest BCUT2D eigenvalue weighted by Crippen LogP contribution is -2.27. The van der Waals surface area contributed by atoms with E-state index in [2.05, 4.69) is 10.3 Å². The fourth-order valence-corrected chi connectivity index (χ4v) is 2.86. The Balaban J connectivity index is 1.60. The van der Waals surface area contributed by atoms with E-state index in [0.29, 0.717) is 16.5 Å². The maximum Gasteiger partial charge on any atom is 0.416 e. The lowest BCUT2D eigenvalue weighted by molar-refractivity contribution is -0.137. The maximum absolute atomic E-state index is 12.8. The molecule has 0 fully saturated rings. The summed E-state index contributed by atoms with van der Waals surface area (Å²) >= 11 is 0. The van der Waals surface area contributed by atoms with Gasteiger partial charge in [-0.3, -0.25) is 14.2 Å². The first kappa shape index (κ1) is 17.8. The van der Waals surface area contributed by atoms with Crippen LogP contribution in [0.5, 0.6) is 0 Å². The molecule has 0 unspecified atom stereocenters. The van der Waals surface area contributed by atoms with Crippen molar-refractivity contribution in [3.63, 3.8) is 0 Å². The molecule has 2 heterocycles. The molecule has 2 aromatic carbocycles. The van der Waals surface area contributed by atoms with Crippen LogP contribution in [-0.2, 0) is 17.5 Å². The molecule has 0 saturated carbocycles. The Morgan fingerprint density at radius 3 is 2.71 bits per heavy atom. The van der Waals surface area contributed by atoms with Crippen molar-refractivity contribution in [2.45, 2.75) is 12.7 Å². The molecule has 0 saturated heterocycles. The minimum Gasteiger partial charge on any atom is -0.448 e. The Morgan fingerprint density at radius 1 is 1.14 bits per heavy atom. The van der Waals surface area contributed by atoms with E-state index < -0.39 is 29.8 Å². The highest BCUT2D eigenvalue weighted by Gasteiger charge is 2.30. The SMILES string of the molecule is O=C(Cn1cnc2c(oc3ccccc32)c1=O)Nc1cccc(C(F)(F)F)c1. The number of rotatable bonds is 3. The van der Waals surface area contributed by atoms with Crippen molar-refractivity contribution in [3.05, 3.63) is 70.8 Å². The summed E-state index contributed by atoms with van der Waals surface area (Å²) in [5.74, 6) is -0.668. The molecule has 0 aliphatic heterocycles. The number of nitrogens with one attached hydrogen (secondary N) is 1. The van der Waals surface area contributed by atoms with E-state index in [0.717, 1.165) is 16.7 Å². The van der Waals surface area contributed by atoms with E-state index in [1.165, 1.54) is 18.5 Å². The van der Waals surface area contributed by atoms with Crippen LogP contribution in [0.4, 0.5) is 18.9 Å². The van der Waals surface area contributed by atoms with Gasteiger partial charge in [-0.25, -0.2) is 4.98 Å². The van der Waals surface area contributed by atoms with Gasteiger partial charge in [-0.05, 0) is 30.3 Å². The second kappa shape index (κ2) is 6.52. The largest absolute Gasteiger partial charge is 0.448 e. The molecular formula is C19H12F3N3O3. The van der Waals surface area contributed by atoms with E-state index in [9.17, 15) is 22.8 Å². The van der Waals surface area contributed by atoms with Gasteiger partial charge in [0, 0.05) is 11.1 Å². The molecule has 0 aliphatic carbocycles. The van der Waals surface area contributed by atoms with Gasteiger partial charge in [-0.2, -0.15) is 13.2 Å². The van der Waals surface area contributed by atoms with Crippen molar-refractivity contribution in [1.29, 1.82) is 0 Å². The quantitative estimate of drug-likeness (QED) is 0.580. The normalized spacial score (nSPS) is 11.8. The van der Waals surface area contributed by atoms with Gasteiger partial charge in [0.1, 0.15) is 17.6 Å². The van der Waals surface area contributed by atoms with Crippen molar-refractivity contribution in [2.75, 3.05) is 5.32 Å². The van der Waals surface area contributed by atoms with Gasteiger partial charge in [0.05, 0.1) is 11.9 Å². The van der Waals surface area contributed by atoms with Crippen LogP contribution in [0, 0.1) is 0 Å². The number of halogens is 3. The molecule has 142 valence electrons. The number of alkyl halides is 3. The highest BCUT2D eigenvalue weighted by atomic mass is 19.4.